The maximum Gasteiger partial charge on any atom is 0.234 e. The average Bonchev–Trinajstić information content (AvgIpc) is 2.40. The van der Waals surface area contributed by atoms with Gasteiger partial charge in [-0.05, 0) is 25.0 Å². The molecule has 98 valence electrons. The second kappa shape index (κ2) is 6.42. The highest BCUT2D eigenvalue weighted by Gasteiger charge is 2.17. The normalized spacial score (nSPS) is 17.6. The smallest absolute Gasteiger partial charge is 0.234 e. The molecule has 1 amide bonds. The maximum absolute atomic E-state index is 11.7. The molecule has 1 aliphatic rings. The van der Waals surface area contributed by atoms with E-state index in [9.17, 15) is 4.79 Å². The number of aromatic nitrogens is 2. The fourth-order valence-corrected chi connectivity index (χ4v) is 1.99. The molecule has 1 aromatic heterocycles. The van der Waals surface area contributed by atoms with Gasteiger partial charge in [0.1, 0.15) is 0 Å². The van der Waals surface area contributed by atoms with Crippen molar-refractivity contribution in [2.75, 3.05) is 19.6 Å². The predicted molar refractivity (Wildman–Crippen MR) is 67.5 cm³/mol. The standard InChI is InChI=1S/C12H19N5O/c13-10-3-6-17(7-4-10)9-12(18)14-8-11-2-1-5-15-16-11/h1-2,5,10H,3-4,6-9,13H2,(H,14,18). The van der Waals surface area contributed by atoms with Gasteiger partial charge in [-0.15, -0.1) is 0 Å². The van der Waals surface area contributed by atoms with Crippen molar-refractivity contribution in [3.8, 4) is 0 Å². The molecule has 0 bridgehead atoms. The molecule has 1 saturated heterocycles. The molecule has 0 spiro atoms. The molecule has 0 radical (unpaired) electrons. The first-order chi connectivity index (χ1) is 8.74. The highest BCUT2D eigenvalue weighted by Crippen LogP contribution is 2.07. The van der Waals surface area contributed by atoms with Crippen LogP contribution in [0.15, 0.2) is 18.3 Å². The second-order valence-electron chi connectivity index (χ2n) is 4.61. The van der Waals surface area contributed by atoms with E-state index in [0.29, 0.717) is 19.1 Å². The minimum atomic E-state index is 0.0242. The molecular weight excluding hydrogens is 230 g/mol. The third-order valence-electron chi connectivity index (χ3n) is 3.09. The average molecular weight is 249 g/mol. The Morgan fingerprint density at radius 1 is 1.50 bits per heavy atom. The van der Waals surface area contributed by atoms with Gasteiger partial charge in [-0.1, -0.05) is 0 Å². The lowest BCUT2D eigenvalue weighted by Crippen LogP contribution is -2.44. The molecule has 0 aromatic carbocycles. The zero-order chi connectivity index (χ0) is 12.8. The molecule has 3 N–H and O–H groups in total. The van der Waals surface area contributed by atoms with Crippen LogP contribution in [-0.2, 0) is 11.3 Å². The lowest BCUT2D eigenvalue weighted by Gasteiger charge is -2.29. The van der Waals surface area contributed by atoms with Gasteiger partial charge in [0.15, 0.2) is 0 Å². The van der Waals surface area contributed by atoms with E-state index in [1.54, 1.807) is 12.3 Å². The quantitative estimate of drug-likeness (QED) is 0.752. The molecule has 2 rings (SSSR count). The van der Waals surface area contributed by atoms with Crippen LogP contribution in [0, 0.1) is 0 Å². The SMILES string of the molecule is NC1CCN(CC(=O)NCc2cccnn2)CC1. The van der Waals surface area contributed by atoms with Gasteiger partial charge >= 0.3 is 0 Å². The van der Waals surface area contributed by atoms with Crippen molar-refractivity contribution >= 4 is 5.91 Å². The maximum atomic E-state index is 11.7. The first-order valence-corrected chi connectivity index (χ1v) is 6.25. The van der Waals surface area contributed by atoms with Crippen molar-refractivity contribution in [1.29, 1.82) is 0 Å². The highest BCUT2D eigenvalue weighted by atomic mass is 16.2. The van der Waals surface area contributed by atoms with Gasteiger partial charge in [-0.25, -0.2) is 0 Å². The van der Waals surface area contributed by atoms with Crippen LogP contribution in [-0.4, -0.2) is 46.7 Å². The van der Waals surface area contributed by atoms with Gasteiger partial charge in [-0.2, -0.15) is 10.2 Å². The Morgan fingerprint density at radius 3 is 2.94 bits per heavy atom. The van der Waals surface area contributed by atoms with E-state index in [2.05, 4.69) is 20.4 Å². The van der Waals surface area contributed by atoms with Crippen LogP contribution in [0.25, 0.3) is 0 Å². The topological polar surface area (TPSA) is 84.1 Å². The van der Waals surface area contributed by atoms with Gasteiger partial charge in [-0.3, -0.25) is 9.69 Å². The summed E-state index contributed by atoms with van der Waals surface area (Å²) in [7, 11) is 0. The minimum Gasteiger partial charge on any atom is -0.349 e. The first kappa shape index (κ1) is 12.9. The first-order valence-electron chi connectivity index (χ1n) is 6.25. The van der Waals surface area contributed by atoms with Crippen LogP contribution in [0.2, 0.25) is 0 Å². The summed E-state index contributed by atoms with van der Waals surface area (Å²) in [5, 5.41) is 10.5. The van der Waals surface area contributed by atoms with Crippen LogP contribution in [0.4, 0.5) is 0 Å². The van der Waals surface area contributed by atoms with Gasteiger partial charge in [0.05, 0.1) is 18.8 Å². The van der Waals surface area contributed by atoms with Crippen molar-refractivity contribution in [3.63, 3.8) is 0 Å². The van der Waals surface area contributed by atoms with Gasteiger partial charge in [0.2, 0.25) is 5.91 Å². The van der Waals surface area contributed by atoms with Crippen molar-refractivity contribution in [1.82, 2.24) is 20.4 Å². The number of nitrogens with two attached hydrogens (primary N) is 1. The lowest BCUT2D eigenvalue weighted by atomic mass is 10.1. The fourth-order valence-electron chi connectivity index (χ4n) is 1.99. The van der Waals surface area contributed by atoms with Crippen molar-refractivity contribution in [2.24, 2.45) is 5.73 Å². The Labute approximate surface area is 107 Å². The van der Waals surface area contributed by atoms with Crippen LogP contribution in [0.5, 0.6) is 0 Å². The third kappa shape index (κ3) is 4.05. The van der Waals surface area contributed by atoms with Gasteiger partial charge < -0.3 is 11.1 Å². The number of carbonyl (C=O) groups excluding carboxylic acids is 1. The molecule has 1 fully saturated rings. The Kier molecular flexibility index (Phi) is 4.60. The molecule has 0 atom stereocenters. The Bertz CT molecular complexity index is 375. The number of piperidine rings is 1. The van der Waals surface area contributed by atoms with Crippen molar-refractivity contribution in [2.45, 2.75) is 25.4 Å². The number of carbonyl (C=O) groups is 1. The van der Waals surface area contributed by atoms with Crippen LogP contribution in [0.1, 0.15) is 18.5 Å². The monoisotopic (exact) mass is 249 g/mol. The Morgan fingerprint density at radius 2 is 2.28 bits per heavy atom. The van der Waals surface area contributed by atoms with E-state index in [-0.39, 0.29) is 5.91 Å². The summed E-state index contributed by atoms with van der Waals surface area (Å²) < 4.78 is 0. The zero-order valence-electron chi connectivity index (χ0n) is 10.4. The van der Waals surface area contributed by atoms with Crippen molar-refractivity contribution in [3.05, 3.63) is 24.0 Å². The highest BCUT2D eigenvalue weighted by molar-refractivity contribution is 5.77. The molecule has 0 unspecified atom stereocenters. The number of amides is 1. The van der Waals surface area contributed by atoms with E-state index in [1.165, 1.54) is 0 Å². The summed E-state index contributed by atoms with van der Waals surface area (Å²) in [5.41, 5.74) is 6.59. The second-order valence-corrected chi connectivity index (χ2v) is 4.61. The number of rotatable bonds is 4. The molecule has 1 aromatic rings. The number of nitrogens with one attached hydrogen (secondary N) is 1. The Balaban J connectivity index is 1.69. The fraction of sp³-hybridized carbons (Fsp3) is 0.583. The summed E-state index contributed by atoms with van der Waals surface area (Å²) in [6.07, 6.45) is 3.55. The zero-order valence-corrected chi connectivity index (χ0v) is 10.4. The number of nitrogens with zero attached hydrogens (tertiary/aromatic N) is 3. The van der Waals surface area contributed by atoms with Crippen molar-refractivity contribution < 1.29 is 4.79 Å². The van der Waals surface area contributed by atoms with Crippen LogP contribution >= 0.6 is 0 Å². The summed E-state index contributed by atoms with van der Waals surface area (Å²) in [4.78, 5) is 13.9. The summed E-state index contributed by atoms with van der Waals surface area (Å²) in [6.45, 7) is 2.67. The summed E-state index contributed by atoms with van der Waals surface area (Å²) in [6, 6.07) is 3.94. The molecule has 6 nitrogen and oxygen atoms in total. The molecule has 0 aliphatic carbocycles. The molecule has 1 aliphatic heterocycles. The van der Waals surface area contributed by atoms with E-state index < -0.39 is 0 Å². The molecular formula is C12H19N5O. The predicted octanol–water partition coefficient (Wildman–Crippen LogP) is -0.484. The largest absolute Gasteiger partial charge is 0.349 e. The molecule has 6 heteroatoms. The van der Waals surface area contributed by atoms with E-state index in [0.717, 1.165) is 31.6 Å². The number of hydrogen-bond acceptors (Lipinski definition) is 5. The van der Waals surface area contributed by atoms with E-state index in [4.69, 9.17) is 5.73 Å². The van der Waals surface area contributed by atoms with Gasteiger partial charge in [0, 0.05) is 25.3 Å². The summed E-state index contributed by atoms with van der Waals surface area (Å²) in [5.74, 6) is 0.0242. The summed E-state index contributed by atoms with van der Waals surface area (Å²) >= 11 is 0. The molecule has 18 heavy (non-hydrogen) atoms. The van der Waals surface area contributed by atoms with Crippen LogP contribution < -0.4 is 11.1 Å². The Hall–Kier alpha value is -1.53. The molecule has 2 heterocycles. The lowest BCUT2D eigenvalue weighted by molar-refractivity contribution is -0.122. The van der Waals surface area contributed by atoms with Crippen LogP contribution in [0.3, 0.4) is 0 Å². The van der Waals surface area contributed by atoms with Gasteiger partial charge in [0.25, 0.3) is 0 Å². The third-order valence-corrected chi connectivity index (χ3v) is 3.09. The number of likely N-dealkylation sites (tertiary alicyclic amines) is 1. The van der Waals surface area contributed by atoms with E-state index in [1.807, 2.05) is 6.07 Å². The van der Waals surface area contributed by atoms with E-state index >= 15 is 0 Å². The molecule has 0 saturated carbocycles. The minimum absolute atomic E-state index is 0.0242. The number of hydrogen-bond donors (Lipinski definition) is 2.